The summed E-state index contributed by atoms with van der Waals surface area (Å²) in [6, 6.07) is -1.05. The van der Waals surface area contributed by atoms with Crippen LogP contribution in [0.2, 0.25) is 0 Å². The van der Waals surface area contributed by atoms with Gasteiger partial charge in [-0.2, -0.15) is 13.2 Å². The van der Waals surface area contributed by atoms with Crippen LogP contribution in [0.4, 0.5) is 22.0 Å². The average Bonchev–Trinajstić information content (AvgIpc) is 3.28. The van der Waals surface area contributed by atoms with Crippen LogP contribution in [0.1, 0.15) is 58.2 Å². The van der Waals surface area contributed by atoms with Crippen molar-refractivity contribution in [2.45, 2.75) is 48.7 Å². The molecular weight excluding hydrogens is 698 g/mol. The second kappa shape index (κ2) is 16.4. The maximum Gasteiger partial charge on any atom is 0.416 e. The Bertz CT molecular complexity index is 3020. The zero-order valence-electron chi connectivity index (χ0n) is 47.3. The van der Waals surface area contributed by atoms with E-state index in [1.807, 2.05) is 0 Å². The Labute approximate surface area is 332 Å². The molecule has 52 heavy (non-hydrogen) atoms. The molecule has 272 valence electrons. The number of aromatic nitrogens is 1. The molecule has 0 aliphatic carbocycles. The molecule has 0 atom stereocenters. The highest BCUT2D eigenvalue weighted by Crippen LogP contribution is 2.32. The third-order valence-corrected chi connectivity index (χ3v) is 8.15. The van der Waals surface area contributed by atoms with E-state index in [1.54, 1.807) is 0 Å². The molecule has 12 heteroatoms. The summed E-state index contributed by atoms with van der Waals surface area (Å²) < 4.78 is 259. The van der Waals surface area contributed by atoms with Crippen LogP contribution < -0.4 is 5.43 Å². The number of para-hydroxylation sites is 1. The van der Waals surface area contributed by atoms with Gasteiger partial charge in [-0.05, 0) is 59.7 Å². The molecule has 2 heterocycles. The number of thioether (sulfide) groups is 1. The van der Waals surface area contributed by atoms with Crippen LogP contribution in [0.3, 0.4) is 0 Å². The summed E-state index contributed by atoms with van der Waals surface area (Å²) in [5, 5.41) is -2.23. The number of carbonyl (C=O) groups is 1. The number of ether oxygens (including phenoxy) is 1. The van der Waals surface area contributed by atoms with E-state index in [2.05, 4.69) is 4.74 Å². The Kier molecular flexibility index (Phi) is 6.00. The van der Waals surface area contributed by atoms with E-state index in [0.717, 1.165) is 60.7 Å². The standard InChI is InChI=1S/C40H38F5N3O3S/c1-51-22-21-46-19-17-32(18-20-46)47(24-27-9-11-28(12-10-27)29-13-15-31(16-14-29)40(43,44)45)37(50)25-48-35-8-3-2-6-33(35)36(49)23-38(48)52-26-30-5-4-7-34(41)39(30)42/h2-16,23,32H,17-22,24-26H2,1H3/i1D3,2D,3D,6D,8D,17D2,18D2,19D2,20D2,23D,24D2,26D2,32D. The first-order valence-corrected chi connectivity index (χ1v) is 15.8. The van der Waals surface area contributed by atoms with E-state index >= 15 is 9.18 Å². The van der Waals surface area contributed by atoms with Crippen LogP contribution in [0.5, 0.6) is 0 Å². The average molecular weight is 757 g/mol. The van der Waals surface area contributed by atoms with Gasteiger partial charge >= 0.3 is 6.18 Å². The van der Waals surface area contributed by atoms with E-state index in [1.165, 1.54) is 0 Å². The number of methoxy groups -OCH3 is 1. The molecule has 1 aliphatic rings. The molecule has 1 saturated heterocycles. The Morgan fingerprint density at radius 3 is 2.44 bits per heavy atom. The molecule has 1 fully saturated rings. The number of nitrogens with zero attached hydrogens (tertiary/aromatic N) is 3. The number of hydrogen-bond acceptors (Lipinski definition) is 5. The minimum absolute atomic E-state index is 0.0696. The lowest BCUT2D eigenvalue weighted by Gasteiger charge is -2.39. The number of hydrogen-bond donors (Lipinski definition) is 0. The van der Waals surface area contributed by atoms with Gasteiger partial charge in [0.05, 0.1) is 37.8 Å². The Morgan fingerprint density at radius 1 is 1.06 bits per heavy atom. The zero-order chi connectivity index (χ0) is 55.4. The van der Waals surface area contributed by atoms with Crippen molar-refractivity contribution in [3.05, 3.63) is 135 Å². The number of amides is 1. The molecule has 4 aromatic carbocycles. The summed E-state index contributed by atoms with van der Waals surface area (Å²) in [5.74, 6) is -5.51. The Hall–Kier alpha value is -4.52. The number of carbonyl (C=O) groups excluding carboxylic acids is 1. The zero-order valence-corrected chi connectivity index (χ0v) is 27.2. The van der Waals surface area contributed by atoms with Gasteiger partial charge < -0.3 is 19.1 Å². The maximum absolute atomic E-state index is 15.5. The van der Waals surface area contributed by atoms with Crippen LogP contribution >= 0.6 is 11.8 Å². The molecule has 0 radical (unpaired) electrons. The summed E-state index contributed by atoms with van der Waals surface area (Å²) >= 11 is -0.320. The van der Waals surface area contributed by atoms with Crippen molar-refractivity contribution in [1.29, 1.82) is 0 Å². The maximum atomic E-state index is 15.5. The van der Waals surface area contributed by atoms with Gasteiger partial charge in [0.15, 0.2) is 17.1 Å². The topological polar surface area (TPSA) is 54.8 Å². The number of pyridine rings is 1. The molecular formula is C40H38F5N3O3S. The smallest absolute Gasteiger partial charge is 0.383 e. The van der Waals surface area contributed by atoms with Crippen LogP contribution in [0.25, 0.3) is 22.0 Å². The lowest BCUT2D eigenvalue weighted by Crippen LogP contribution is -2.48. The molecule has 6 rings (SSSR count). The van der Waals surface area contributed by atoms with E-state index in [4.69, 9.17) is 19.2 Å². The summed E-state index contributed by atoms with van der Waals surface area (Å²) in [6.07, 6.45) is -13.5. The van der Waals surface area contributed by atoms with Crippen molar-refractivity contribution in [3.63, 3.8) is 0 Å². The number of halogens is 5. The van der Waals surface area contributed by atoms with Gasteiger partial charge in [-0.15, -0.1) is 11.8 Å². The van der Waals surface area contributed by atoms with Gasteiger partial charge in [0.25, 0.3) is 0 Å². The van der Waals surface area contributed by atoms with Crippen LogP contribution in [0.15, 0.2) is 107 Å². The third-order valence-electron chi connectivity index (χ3n) is 7.31. The monoisotopic (exact) mass is 756 g/mol. The quantitative estimate of drug-likeness (QED) is 0.0946. The molecule has 0 N–H and O–H groups in total. The predicted octanol–water partition coefficient (Wildman–Crippen LogP) is 8.40. The number of likely N-dealkylation sites (tertiary alicyclic amines) is 1. The third kappa shape index (κ3) is 8.74. The lowest BCUT2D eigenvalue weighted by atomic mass is 10.00. The van der Waals surface area contributed by atoms with E-state index in [9.17, 15) is 32.0 Å². The van der Waals surface area contributed by atoms with Crippen molar-refractivity contribution in [2.75, 3.05) is 33.2 Å². The fourth-order valence-electron chi connectivity index (χ4n) is 4.75. The van der Waals surface area contributed by atoms with Gasteiger partial charge in [-0.3, -0.25) is 9.59 Å². The lowest BCUT2D eigenvalue weighted by molar-refractivity contribution is -0.137. The Balaban J connectivity index is 1.66. The predicted molar refractivity (Wildman–Crippen MR) is 193 cm³/mol. The molecule has 5 aromatic rings. The fraction of sp³-hybridized carbons (Fsp3) is 0.300. The van der Waals surface area contributed by atoms with Crippen molar-refractivity contribution in [3.8, 4) is 11.1 Å². The van der Waals surface area contributed by atoms with Crippen LogP contribution in [-0.2, 0) is 34.5 Å². The van der Waals surface area contributed by atoms with Gasteiger partial charge in [0.1, 0.15) is 6.54 Å². The molecule has 1 aromatic heterocycles. The molecule has 0 bridgehead atoms. The van der Waals surface area contributed by atoms with Gasteiger partial charge in [0, 0.05) is 75.5 Å². The van der Waals surface area contributed by atoms with Crippen molar-refractivity contribution in [2.24, 2.45) is 0 Å². The second-order valence-corrected chi connectivity index (χ2v) is 11.5. The number of fused-ring (bicyclic) bond motifs is 1. The first-order chi connectivity index (χ1) is 33.1. The highest BCUT2D eigenvalue weighted by atomic mass is 32.2. The molecule has 0 spiro atoms. The van der Waals surface area contributed by atoms with Crippen molar-refractivity contribution in [1.82, 2.24) is 14.4 Å². The van der Waals surface area contributed by atoms with Gasteiger partial charge in [0.2, 0.25) is 5.91 Å². The highest BCUT2D eigenvalue weighted by Gasteiger charge is 2.31. The molecule has 0 unspecified atom stereocenters. The van der Waals surface area contributed by atoms with E-state index in [0.29, 0.717) is 6.07 Å². The van der Waals surface area contributed by atoms with E-state index < -0.39 is 168 Å². The molecule has 1 aliphatic heterocycles. The minimum Gasteiger partial charge on any atom is -0.383 e. The minimum atomic E-state index is -4.74. The van der Waals surface area contributed by atoms with Crippen LogP contribution in [0, 0.1) is 11.6 Å². The highest BCUT2D eigenvalue weighted by molar-refractivity contribution is 7.98. The van der Waals surface area contributed by atoms with Gasteiger partial charge in [-0.1, -0.05) is 60.6 Å². The summed E-state index contributed by atoms with van der Waals surface area (Å²) in [7, 11) is -3.20. The number of alkyl halides is 3. The molecule has 6 nitrogen and oxygen atoms in total. The van der Waals surface area contributed by atoms with E-state index in [-0.39, 0.29) is 32.4 Å². The number of benzene rings is 4. The first-order valence-electron chi connectivity index (χ1n) is 25.4. The van der Waals surface area contributed by atoms with Crippen molar-refractivity contribution < 1.29 is 60.3 Å². The molecule has 0 saturated carbocycles. The summed E-state index contributed by atoms with van der Waals surface area (Å²) in [6.45, 7) is -16.3. The first kappa shape index (κ1) is 19.0. The van der Waals surface area contributed by atoms with Crippen LogP contribution in [-0.4, -0.2) is 59.5 Å². The number of piperidine rings is 1. The second-order valence-electron chi connectivity index (χ2n) is 10.7. The summed E-state index contributed by atoms with van der Waals surface area (Å²) in [4.78, 5) is 28.7. The normalized spacial score (nSPS) is 25.4. The Morgan fingerprint density at radius 2 is 1.75 bits per heavy atom. The number of rotatable bonds is 12. The van der Waals surface area contributed by atoms with Crippen molar-refractivity contribution >= 4 is 28.6 Å². The summed E-state index contributed by atoms with van der Waals surface area (Å²) in [5.41, 5.74) is -8.73. The largest absolute Gasteiger partial charge is 0.416 e. The molecule has 1 amide bonds. The SMILES string of the molecule is [2H]c1c([2H])c([2H])c2c(c1[2H])c(=O)c([2H])c(SC([2H])([2H])c1cccc(F)c1F)n2CC(=O)N(C([2H])([2H])c1ccc(-c2ccc(C(F)(F)F)cc2)cc1)C1([2H])C([2H])([2H])C([2H])([2H])N(CCOC([2H])([2H])[2H])C([2H])([2H])C1([2H])[2H]. The van der Waals surface area contributed by atoms with Gasteiger partial charge in [-0.25, -0.2) is 8.78 Å². The fourth-order valence-corrected chi connectivity index (χ4v) is 5.52.